The zero-order valence-electron chi connectivity index (χ0n) is 9.95. The van der Waals surface area contributed by atoms with Crippen LogP contribution in [0.25, 0.3) is 0 Å². The van der Waals surface area contributed by atoms with E-state index >= 15 is 0 Å². The number of carbonyl (C=O) groups excluding carboxylic acids is 1. The second-order valence-corrected chi connectivity index (χ2v) is 5.82. The highest BCUT2D eigenvalue weighted by molar-refractivity contribution is 5.79. The average Bonchev–Trinajstić information content (AvgIpc) is 3.20. The van der Waals surface area contributed by atoms with E-state index in [9.17, 15) is 4.79 Å². The Hall–Kier alpha value is -0.570. The molecule has 3 aliphatic rings. The Morgan fingerprint density at radius 3 is 2.12 bits per heavy atom. The molecule has 0 aromatic rings. The van der Waals surface area contributed by atoms with Crippen molar-refractivity contribution < 1.29 is 4.79 Å². The van der Waals surface area contributed by atoms with Gasteiger partial charge in [-0.15, -0.1) is 0 Å². The number of hydrogen-bond acceptors (Lipinski definition) is 2. The summed E-state index contributed by atoms with van der Waals surface area (Å²) in [5.74, 6) is 2.37. The van der Waals surface area contributed by atoms with Crippen LogP contribution in [0.2, 0.25) is 0 Å². The Labute approximate surface area is 97.6 Å². The molecule has 3 nitrogen and oxygen atoms in total. The number of rotatable bonds is 5. The van der Waals surface area contributed by atoms with E-state index in [1.807, 2.05) is 0 Å². The minimum Gasteiger partial charge on any atom is -0.342 e. The SMILES string of the molecule is O=C(C1CCNC1)N(CC1CC1)CC1CC1. The summed E-state index contributed by atoms with van der Waals surface area (Å²) in [4.78, 5) is 14.5. The Balaban J connectivity index is 1.57. The van der Waals surface area contributed by atoms with Crippen LogP contribution in [0.4, 0.5) is 0 Å². The molecule has 16 heavy (non-hydrogen) atoms. The van der Waals surface area contributed by atoms with Gasteiger partial charge in [-0.3, -0.25) is 4.79 Å². The van der Waals surface area contributed by atoms with E-state index in [0.29, 0.717) is 5.91 Å². The van der Waals surface area contributed by atoms with Crippen LogP contribution in [0.5, 0.6) is 0 Å². The van der Waals surface area contributed by atoms with Crippen molar-refractivity contribution >= 4 is 5.91 Å². The molecule has 3 fully saturated rings. The van der Waals surface area contributed by atoms with Crippen LogP contribution in [-0.2, 0) is 4.79 Å². The van der Waals surface area contributed by atoms with Gasteiger partial charge in [0.2, 0.25) is 5.91 Å². The predicted molar refractivity (Wildman–Crippen MR) is 63.0 cm³/mol. The van der Waals surface area contributed by atoms with Crippen LogP contribution in [0.1, 0.15) is 32.1 Å². The lowest BCUT2D eigenvalue weighted by Gasteiger charge is -2.25. The third kappa shape index (κ3) is 2.57. The topological polar surface area (TPSA) is 32.3 Å². The molecule has 1 atom stereocenters. The van der Waals surface area contributed by atoms with Gasteiger partial charge >= 0.3 is 0 Å². The average molecular weight is 222 g/mol. The normalized spacial score (nSPS) is 29.4. The van der Waals surface area contributed by atoms with Gasteiger partial charge in [0.15, 0.2) is 0 Å². The van der Waals surface area contributed by atoms with Gasteiger partial charge in [-0.1, -0.05) is 0 Å². The summed E-state index contributed by atoms with van der Waals surface area (Å²) in [5, 5.41) is 3.30. The molecule has 1 unspecified atom stereocenters. The van der Waals surface area contributed by atoms with Crippen molar-refractivity contribution in [3.05, 3.63) is 0 Å². The first-order chi connectivity index (χ1) is 7.83. The molecule has 0 aromatic carbocycles. The first-order valence-corrected chi connectivity index (χ1v) is 6.82. The van der Waals surface area contributed by atoms with Gasteiger partial charge in [0.1, 0.15) is 0 Å². The fourth-order valence-electron chi connectivity index (χ4n) is 2.60. The summed E-state index contributed by atoms with van der Waals surface area (Å²) >= 11 is 0. The molecule has 0 spiro atoms. The van der Waals surface area contributed by atoms with E-state index in [4.69, 9.17) is 0 Å². The molecule has 90 valence electrons. The first kappa shape index (κ1) is 10.6. The second-order valence-electron chi connectivity index (χ2n) is 5.82. The van der Waals surface area contributed by atoms with Crippen LogP contribution < -0.4 is 5.32 Å². The third-order valence-electron chi connectivity index (χ3n) is 4.07. The van der Waals surface area contributed by atoms with Crippen molar-refractivity contribution in [1.82, 2.24) is 10.2 Å². The maximum Gasteiger partial charge on any atom is 0.227 e. The molecule has 1 N–H and O–H groups in total. The van der Waals surface area contributed by atoms with E-state index < -0.39 is 0 Å². The minimum atomic E-state index is 0.275. The molecule has 0 aromatic heterocycles. The summed E-state index contributed by atoms with van der Waals surface area (Å²) in [7, 11) is 0. The van der Waals surface area contributed by atoms with Crippen LogP contribution in [0.3, 0.4) is 0 Å². The van der Waals surface area contributed by atoms with Crippen LogP contribution >= 0.6 is 0 Å². The summed E-state index contributed by atoms with van der Waals surface area (Å²) < 4.78 is 0. The largest absolute Gasteiger partial charge is 0.342 e. The Bertz CT molecular complexity index is 251. The number of carbonyl (C=O) groups is 1. The van der Waals surface area contributed by atoms with Crippen molar-refractivity contribution in [1.29, 1.82) is 0 Å². The molecular weight excluding hydrogens is 200 g/mol. The predicted octanol–water partition coefficient (Wildman–Crippen LogP) is 1.24. The molecule has 2 aliphatic carbocycles. The molecule has 3 rings (SSSR count). The molecule has 0 bridgehead atoms. The van der Waals surface area contributed by atoms with E-state index in [-0.39, 0.29) is 5.92 Å². The minimum absolute atomic E-state index is 0.275. The number of hydrogen-bond donors (Lipinski definition) is 1. The Morgan fingerprint density at radius 2 is 1.69 bits per heavy atom. The van der Waals surface area contributed by atoms with Gasteiger partial charge in [-0.05, 0) is 50.5 Å². The van der Waals surface area contributed by atoms with Gasteiger partial charge in [0, 0.05) is 19.6 Å². The maximum atomic E-state index is 12.4. The number of amides is 1. The van der Waals surface area contributed by atoms with Crippen molar-refractivity contribution in [3.8, 4) is 0 Å². The summed E-state index contributed by atoms with van der Waals surface area (Å²) in [6, 6.07) is 0. The van der Waals surface area contributed by atoms with Crippen molar-refractivity contribution in [3.63, 3.8) is 0 Å². The highest BCUT2D eigenvalue weighted by Crippen LogP contribution is 2.34. The summed E-state index contributed by atoms with van der Waals surface area (Å²) in [6.45, 7) is 4.03. The van der Waals surface area contributed by atoms with Gasteiger partial charge in [-0.25, -0.2) is 0 Å². The fourth-order valence-corrected chi connectivity index (χ4v) is 2.60. The molecule has 1 amide bonds. The summed E-state index contributed by atoms with van der Waals surface area (Å²) in [5.41, 5.74) is 0. The van der Waals surface area contributed by atoms with Gasteiger partial charge in [0.05, 0.1) is 5.92 Å². The molecule has 0 radical (unpaired) electrons. The van der Waals surface area contributed by atoms with Crippen molar-refractivity contribution in [2.24, 2.45) is 17.8 Å². The molecule has 2 saturated carbocycles. The van der Waals surface area contributed by atoms with Gasteiger partial charge in [-0.2, -0.15) is 0 Å². The zero-order valence-corrected chi connectivity index (χ0v) is 9.95. The highest BCUT2D eigenvalue weighted by Gasteiger charge is 2.34. The zero-order chi connectivity index (χ0) is 11.0. The van der Waals surface area contributed by atoms with Crippen LogP contribution in [0, 0.1) is 17.8 Å². The Kier molecular flexibility index (Phi) is 2.88. The van der Waals surface area contributed by atoms with E-state index in [0.717, 1.165) is 44.4 Å². The van der Waals surface area contributed by atoms with Crippen molar-refractivity contribution in [2.45, 2.75) is 32.1 Å². The van der Waals surface area contributed by atoms with Crippen molar-refractivity contribution in [2.75, 3.05) is 26.2 Å². The highest BCUT2D eigenvalue weighted by atomic mass is 16.2. The van der Waals surface area contributed by atoms with Crippen LogP contribution in [-0.4, -0.2) is 37.0 Å². The second kappa shape index (κ2) is 4.36. The summed E-state index contributed by atoms with van der Waals surface area (Å²) in [6.07, 6.45) is 6.42. The lowest BCUT2D eigenvalue weighted by atomic mass is 10.1. The lowest BCUT2D eigenvalue weighted by molar-refractivity contribution is -0.135. The molecule has 1 saturated heterocycles. The van der Waals surface area contributed by atoms with E-state index in [1.54, 1.807) is 0 Å². The quantitative estimate of drug-likeness (QED) is 0.759. The molecule has 1 aliphatic heterocycles. The third-order valence-corrected chi connectivity index (χ3v) is 4.07. The van der Waals surface area contributed by atoms with Gasteiger partial charge in [0.25, 0.3) is 0 Å². The lowest BCUT2D eigenvalue weighted by Crippen LogP contribution is -2.39. The van der Waals surface area contributed by atoms with E-state index in [2.05, 4.69) is 10.2 Å². The van der Waals surface area contributed by atoms with Crippen LogP contribution in [0.15, 0.2) is 0 Å². The fraction of sp³-hybridized carbons (Fsp3) is 0.923. The van der Waals surface area contributed by atoms with Gasteiger partial charge < -0.3 is 10.2 Å². The molecule has 1 heterocycles. The monoisotopic (exact) mass is 222 g/mol. The van der Waals surface area contributed by atoms with E-state index in [1.165, 1.54) is 25.7 Å². The Morgan fingerprint density at radius 1 is 1.06 bits per heavy atom. The maximum absolute atomic E-state index is 12.4. The molecular formula is C13H22N2O. The number of nitrogens with zero attached hydrogens (tertiary/aromatic N) is 1. The standard InChI is InChI=1S/C13H22N2O/c16-13(12-5-6-14-7-12)15(8-10-1-2-10)9-11-3-4-11/h10-12,14H,1-9H2. The molecule has 3 heteroatoms. The smallest absolute Gasteiger partial charge is 0.227 e. The number of nitrogens with one attached hydrogen (secondary N) is 1. The first-order valence-electron chi connectivity index (χ1n) is 6.82.